The number of anilines is 1. The fraction of sp³-hybridized carbons (Fsp3) is 0.632. The lowest BCUT2D eigenvalue weighted by molar-refractivity contribution is -0.129. The Morgan fingerprint density at radius 3 is 2.59 bits per heavy atom. The third kappa shape index (κ3) is 2.87. The minimum atomic E-state index is -5.41. The molecule has 2 saturated carbocycles. The van der Waals surface area contributed by atoms with Gasteiger partial charge in [-0.2, -0.15) is 21.6 Å². The van der Waals surface area contributed by atoms with Crippen LogP contribution in [0.2, 0.25) is 0 Å². The summed E-state index contributed by atoms with van der Waals surface area (Å²) in [6, 6.07) is 4.71. The van der Waals surface area contributed by atoms with Crippen LogP contribution in [0.25, 0.3) is 0 Å². The Kier molecular flexibility index (Phi) is 4.15. The van der Waals surface area contributed by atoms with Crippen LogP contribution in [0.3, 0.4) is 0 Å². The van der Waals surface area contributed by atoms with E-state index in [1.807, 2.05) is 0 Å². The van der Waals surface area contributed by atoms with Crippen molar-refractivity contribution in [2.75, 3.05) is 4.72 Å². The number of carbonyl (C=O) groups is 1. The van der Waals surface area contributed by atoms with Crippen LogP contribution in [0.1, 0.15) is 56.1 Å². The number of aryl methyl sites for hydroxylation is 1. The van der Waals surface area contributed by atoms with Gasteiger partial charge in [0.25, 0.3) is 0 Å². The topological polar surface area (TPSA) is 63.2 Å². The number of fused-ring (bicyclic) bond motifs is 5. The van der Waals surface area contributed by atoms with Gasteiger partial charge in [0.15, 0.2) is 0 Å². The standard InChI is InChI=1S/C19H22F3NO3S/c1-18-9-8-14-13-5-3-12(23-27(25,26)19(20,21)22)10-11(13)2-4-15(14)16(18)6-7-17(18)24/h3,5,10,14-16,23H,2,4,6-9H2,1H3/t14-,15-,16+,18+/m1/s1. The van der Waals surface area contributed by atoms with Crippen molar-refractivity contribution in [1.82, 2.24) is 0 Å². The molecule has 0 radical (unpaired) electrons. The summed E-state index contributed by atoms with van der Waals surface area (Å²) in [4.78, 5) is 12.4. The molecule has 0 bridgehead atoms. The third-order valence-corrected chi connectivity index (χ3v) is 8.11. The van der Waals surface area contributed by atoms with Crippen LogP contribution >= 0.6 is 0 Å². The van der Waals surface area contributed by atoms with E-state index in [-0.39, 0.29) is 11.1 Å². The van der Waals surface area contributed by atoms with Gasteiger partial charge in [-0.3, -0.25) is 9.52 Å². The number of carbonyl (C=O) groups excluding carboxylic acids is 1. The number of rotatable bonds is 2. The van der Waals surface area contributed by atoms with Crippen LogP contribution in [0.15, 0.2) is 18.2 Å². The molecule has 0 saturated heterocycles. The number of hydrogen-bond donors (Lipinski definition) is 1. The zero-order valence-electron chi connectivity index (χ0n) is 15.0. The van der Waals surface area contributed by atoms with Gasteiger partial charge in [-0.15, -0.1) is 0 Å². The molecule has 148 valence electrons. The zero-order chi connectivity index (χ0) is 19.6. The molecular weight excluding hydrogens is 379 g/mol. The largest absolute Gasteiger partial charge is 0.516 e. The Labute approximate surface area is 156 Å². The van der Waals surface area contributed by atoms with Crippen molar-refractivity contribution in [2.45, 2.75) is 56.9 Å². The lowest BCUT2D eigenvalue weighted by Gasteiger charge is -2.48. The normalized spacial score (nSPS) is 33.2. The van der Waals surface area contributed by atoms with Crippen molar-refractivity contribution < 1.29 is 26.4 Å². The van der Waals surface area contributed by atoms with Gasteiger partial charge in [-0.25, -0.2) is 0 Å². The van der Waals surface area contributed by atoms with E-state index < -0.39 is 15.5 Å². The number of halogens is 3. The van der Waals surface area contributed by atoms with E-state index in [0.29, 0.717) is 36.4 Å². The second-order valence-electron chi connectivity index (χ2n) is 8.30. The third-order valence-electron chi connectivity index (χ3n) is 6.99. The van der Waals surface area contributed by atoms with Crippen LogP contribution in [0, 0.1) is 17.3 Å². The first kappa shape index (κ1) is 18.8. The van der Waals surface area contributed by atoms with Gasteiger partial charge in [0.05, 0.1) is 0 Å². The average Bonchev–Trinajstić information content (AvgIpc) is 2.88. The fourth-order valence-electron chi connectivity index (χ4n) is 5.63. The molecule has 0 spiro atoms. The predicted octanol–water partition coefficient (Wildman–Crippen LogP) is 4.37. The molecule has 4 rings (SSSR count). The van der Waals surface area contributed by atoms with Crippen LogP contribution in [-0.4, -0.2) is 19.7 Å². The number of hydrogen-bond acceptors (Lipinski definition) is 3. The Morgan fingerprint density at radius 1 is 1.15 bits per heavy atom. The van der Waals surface area contributed by atoms with E-state index in [0.717, 1.165) is 36.8 Å². The van der Waals surface area contributed by atoms with Crippen LogP contribution in [-0.2, 0) is 21.2 Å². The maximum absolute atomic E-state index is 12.6. The molecule has 0 heterocycles. The number of Topliss-reactive ketones (excluding diaryl/α,β-unsaturated/α-hetero) is 1. The van der Waals surface area contributed by atoms with Crippen molar-refractivity contribution in [2.24, 2.45) is 17.3 Å². The molecule has 0 unspecified atom stereocenters. The van der Waals surface area contributed by atoms with Crippen molar-refractivity contribution in [1.29, 1.82) is 0 Å². The number of alkyl halides is 3. The van der Waals surface area contributed by atoms with E-state index in [2.05, 4.69) is 6.92 Å². The molecule has 0 aromatic heterocycles. The van der Waals surface area contributed by atoms with Crippen LogP contribution < -0.4 is 4.72 Å². The highest BCUT2D eigenvalue weighted by Gasteiger charge is 2.54. The summed E-state index contributed by atoms with van der Waals surface area (Å²) >= 11 is 0. The van der Waals surface area contributed by atoms with Crippen molar-refractivity contribution in [3.8, 4) is 0 Å². The molecule has 3 aliphatic rings. The van der Waals surface area contributed by atoms with Gasteiger partial charge in [0.2, 0.25) is 0 Å². The van der Waals surface area contributed by atoms with Gasteiger partial charge in [-0.05, 0) is 73.1 Å². The van der Waals surface area contributed by atoms with Crippen molar-refractivity contribution >= 4 is 21.5 Å². The first-order chi connectivity index (χ1) is 12.5. The van der Waals surface area contributed by atoms with Crippen molar-refractivity contribution in [3.05, 3.63) is 29.3 Å². The monoisotopic (exact) mass is 401 g/mol. The molecule has 1 aromatic rings. The molecule has 3 aliphatic carbocycles. The van der Waals surface area contributed by atoms with Gasteiger partial charge < -0.3 is 0 Å². The molecular formula is C19H22F3NO3S. The number of benzene rings is 1. The minimum Gasteiger partial charge on any atom is -0.299 e. The number of ketones is 1. The molecule has 0 amide bonds. The number of sulfonamides is 1. The molecule has 1 aromatic carbocycles. The Bertz CT molecular complexity index is 896. The summed E-state index contributed by atoms with van der Waals surface area (Å²) in [5.74, 6) is 1.46. The first-order valence-electron chi connectivity index (χ1n) is 9.28. The van der Waals surface area contributed by atoms with Crippen LogP contribution in [0.4, 0.5) is 18.9 Å². The van der Waals surface area contributed by atoms with Gasteiger partial charge in [-0.1, -0.05) is 13.0 Å². The van der Waals surface area contributed by atoms with E-state index in [4.69, 9.17) is 0 Å². The SMILES string of the molecule is C[C@]12CC[C@@H]3c4ccc(NS(=O)(=O)C(F)(F)F)cc4CC[C@H]3[C@@H]1CCC2=O. The summed E-state index contributed by atoms with van der Waals surface area (Å²) < 4.78 is 62.1. The molecule has 0 aliphatic heterocycles. The average molecular weight is 401 g/mol. The maximum Gasteiger partial charge on any atom is 0.516 e. The van der Waals surface area contributed by atoms with Gasteiger partial charge in [0.1, 0.15) is 5.78 Å². The molecule has 4 atom stereocenters. The van der Waals surface area contributed by atoms with Crippen molar-refractivity contribution in [3.63, 3.8) is 0 Å². The zero-order valence-corrected chi connectivity index (χ0v) is 15.8. The van der Waals surface area contributed by atoms with E-state index in [1.54, 1.807) is 10.8 Å². The minimum absolute atomic E-state index is 0.0544. The van der Waals surface area contributed by atoms with Gasteiger partial charge >= 0.3 is 15.5 Å². The summed E-state index contributed by atoms with van der Waals surface area (Å²) in [6.07, 6.45) is 4.90. The molecule has 1 N–H and O–H groups in total. The van der Waals surface area contributed by atoms with E-state index in [9.17, 15) is 26.4 Å². The van der Waals surface area contributed by atoms with E-state index >= 15 is 0 Å². The highest BCUT2D eigenvalue weighted by molar-refractivity contribution is 7.93. The second-order valence-corrected chi connectivity index (χ2v) is 9.97. The Morgan fingerprint density at radius 2 is 1.89 bits per heavy atom. The van der Waals surface area contributed by atoms with Crippen LogP contribution in [0.5, 0.6) is 0 Å². The maximum atomic E-state index is 12.6. The lowest BCUT2D eigenvalue weighted by Crippen LogP contribution is -2.42. The fourth-order valence-corrected chi connectivity index (χ4v) is 6.18. The summed E-state index contributed by atoms with van der Waals surface area (Å²) in [6.45, 7) is 2.09. The van der Waals surface area contributed by atoms with E-state index in [1.165, 1.54) is 12.1 Å². The summed E-state index contributed by atoms with van der Waals surface area (Å²) in [7, 11) is -5.41. The quantitative estimate of drug-likeness (QED) is 0.800. The lowest BCUT2D eigenvalue weighted by atomic mass is 9.55. The Balaban J connectivity index is 1.61. The molecule has 8 heteroatoms. The smallest absolute Gasteiger partial charge is 0.299 e. The Hall–Kier alpha value is -1.57. The summed E-state index contributed by atoms with van der Waals surface area (Å²) in [5, 5.41) is 0. The number of nitrogens with one attached hydrogen (secondary N) is 1. The molecule has 27 heavy (non-hydrogen) atoms. The predicted molar refractivity (Wildman–Crippen MR) is 94.7 cm³/mol. The molecule has 4 nitrogen and oxygen atoms in total. The first-order valence-corrected chi connectivity index (χ1v) is 10.8. The highest BCUT2D eigenvalue weighted by atomic mass is 32.2. The molecule has 2 fully saturated rings. The second kappa shape index (κ2) is 5.96. The van der Waals surface area contributed by atoms with Gasteiger partial charge in [0, 0.05) is 17.5 Å². The highest BCUT2D eigenvalue weighted by Crippen LogP contribution is 2.59. The summed E-state index contributed by atoms with van der Waals surface area (Å²) in [5.41, 5.74) is -3.60.